The SMILES string of the molecule is NCc1ccc(F)cc1S(=O)(=O)NCCc1cscn1. The van der Waals surface area contributed by atoms with Crippen molar-refractivity contribution in [2.75, 3.05) is 6.54 Å². The van der Waals surface area contributed by atoms with Crippen molar-refractivity contribution < 1.29 is 12.8 Å². The third kappa shape index (κ3) is 3.60. The summed E-state index contributed by atoms with van der Waals surface area (Å²) in [5.74, 6) is -0.609. The van der Waals surface area contributed by atoms with E-state index in [1.807, 2.05) is 5.38 Å². The number of sulfonamides is 1. The van der Waals surface area contributed by atoms with Crippen LogP contribution in [0.5, 0.6) is 0 Å². The Bertz CT molecular complexity index is 672. The fourth-order valence-electron chi connectivity index (χ4n) is 1.70. The van der Waals surface area contributed by atoms with E-state index in [4.69, 9.17) is 5.73 Å². The number of hydrogen-bond acceptors (Lipinski definition) is 5. The van der Waals surface area contributed by atoms with Gasteiger partial charge in [-0.1, -0.05) is 6.07 Å². The first-order valence-corrected chi connectivity index (χ1v) is 8.31. The Balaban J connectivity index is 2.11. The largest absolute Gasteiger partial charge is 0.326 e. The molecule has 1 aromatic carbocycles. The van der Waals surface area contributed by atoms with Crippen LogP contribution < -0.4 is 10.5 Å². The highest BCUT2D eigenvalue weighted by atomic mass is 32.2. The first-order valence-electron chi connectivity index (χ1n) is 5.88. The molecule has 0 saturated heterocycles. The number of thiazole rings is 1. The number of hydrogen-bond donors (Lipinski definition) is 2. The third-order valence-electron chi connectivity index (χ3n) is 2.70. The van der Waals surface area contributed by atoms with Gasteiger partial charge in [-0.2, -0.15) is 0 Å². The van der Waals surface area contributed by atoms with E-state index in [0.717, 1.165) is 11.8 Å². The minimum absolute atomic E-state index is 0.0304. The van der Waals surface area contributed by atoms with Crippen LogP contribution in [0.25, 0.3) is 0 Å². The third-order valence-corrected chi connectivity index (χ3v) is 4.87. The average molecular weight is 315 g/mol. The Morgan fingerprint density at radius 3 is 2.85 bits per heavy atom. The Morgan fingerprint density at radius 2 is 2.20 bits per heavy atom. The fourth-order valence-corrected chi connectivity index (χ4v) is 3.58. The van der Waals surface area contributed by atoms with Gasteiger partial charge in [-0.25, -0.2) is 22.5 Å². The molecule has 0 aliphatic rings. The van der Waals surface area contributed by atoms with Crippen LogP contribution in [-0.2, 0) is 23.0 Å². The van der Waals surface area contributed by atoms with E-state index in [0.29, 0.717) is 12.0 Å². The molecule has 8 heteroatoms. The van der Waals surface area contributed by atoms with Crippen molar-refractivity contribution in [2.45, 2.75) is 17.9 Å². The van der Waals surface area contributed by atoms with E-state index >= 15 is 0 Å². The van der Waals surface area contributed by atoms with Gasteiger partial charge < -0.3 is 5.73 Å². The standard InChI is InChI=1S/C12H14FN3O2S2/c13-10-2-1-9(6-14)12(5-10)20(17,18)16-4-3-11-7-19-8-15-11/h1-2,5,7-8,16H,3-4,6,14H2. The van der Waals surface area contributed by atoms with Gasteiger partial charge in [0.25, 0.3) is 0 Å². The molecule has 0 bridgehead atoms. The summed E-state index contributed by atoms with van der Waals surface area (Å²) in [5, 5.41) is 1.85. The van der Waals surface area contributed by atoms with Gasteiger partial charge in [-0.15, -0.1) is 11.3 Å². The summed E-state index contributed by atoms with van der Waals surface area (Å²) >= 11 is 1.45. The molecule has 0 aliphatic carbocycles. The summed E-state index contributed by atoms with van der Waals surface area (Å²) in [6.07, 6.45) is 0.482. The highest BCUT2D eigenvalue weighted by Gasteiger charge is 2.18. The highest BCUT2D eigenvalue weighted by molar-refractivity contribution is 7.89. The van der Waals surface area contributed by atoms with Crippen molar-refractivity contribution in [3.63, 3.8) is 0 Å². The average Bonchev–Trinajstić information content (AvgIpc) is 2.91. The van der Waals surface area contributed by atoms with Crippen LogP contribution in [0, 0.1) is 5.82 Å². The Hall–Kier alpha value is -1.35. The smallest absolute Gasteiger partial charge is 0.241 e. The summed E-state index contributed by atoms with van der Waals surface area (Å²) in [7, 11) is -3.77. The molecule has 1 heterocycles. The van der Waals surface area contributed by atoms with Crippen molar-refractivity contribution >= 4 is 21.4 Å². The van der Waals surface area contributed by atoms with Crippen LogP contribution in [0.1, 0.15) is 11.3 Å². The van der Waals surface area contributed by atoms with Crippen molar-refractivity contribution in [1.82, 2.24) is 9.71 Å². The molecule has 2 rings (SSSR count). The minimum Gasteiger partial charge on any atom is -0.326 e. The van der Waals surface area contributed by atoms with Crippen LogP contribution in [0.15, 0.2) is 34.0 Å². The summed E-state index contributed by atoms with van der Waals surface area (Å²) in [6, 6.07) is 3.55. The molecule has 108 valence electrons. The lowest BCUT2D eigenvalue weighted by atomic mass is 10.2. The molecular formula is C12H14FN3O2S2. The van der Waals surface area contributed by atoms with Crippen molar-refractivity contribution in [2.24, 2.45) is 5.73 Å². The number of halogens is 1. The monoisotopic (exact) mass is 315 g/mol. The van der Waals surface area contributed by atoms with E-state index in [-0.39, 0.29) is 18.0 Å². The number of rotatable bonds is 6. The molecule has 0 saturated carbocycles. The molecule has 0 amide bonds. The van der Waals surface area contributed by atoms with E-state index in [9.17, 15) is 12.8 Å². The van der Waals surface area contributed by atoms with Gasteiger partial charge in [0.15, 0.2) is 0 Å². The molecule has 0 unspecified atom stereocenters. The lowest BCUT2D eigenvalue weighted by Crippen LogP contribution is -2.27. The zero-order chi connectivity index (χ0) is 14.6. The van der Waals surface area contributed by atoms with E-state index in [1.165, 1.54) is 23.5 Å². The quantitative estimate of drug-likeness (QED) is 0.840. The normalized spacial score (nSPS) is 11.7. The molecular weight excluding hydrogens is 301 g/mol. The first kappa shape index (κ1) is 15.0. The second-order valence-electron chi connectivity index (χ2n) is 4.08. The number of nitrogens with two attached hydrogens (primary N) is 1. The predicted octanol–water partition coefficient (Wildman–Crippen LogP) is 1.26. The second-order valence-corrected chi connectivity index (χ2v) is 6.54. The van der Waals surface area contributed by atoms with E-state index in [1.54, 1.807) is 5.51 Å². The van der Waals surface area contributed by atoms with Crippen molar-refractivity contribution in [1.29, 1.82) is 0 Å². The number of nitrogens with one attached hydrogen (secondary N) is 1. The van der Waals surface area contributed by atoms with E-state index in [2.05, 4.69) is 9.71 Å². The Morgan fingerprint density at radius 1 is 1.40 bits per heavy atom. The van der Waals surface area contributed by atoms with Crippen LogP contribution in [0.2, 0.25) is 0 Å². The number of aromatic nitrogens is 1. The van der Waals surface area contributed by atoms with Gasteiger partial charge in [-0.05, 0) is 17.7 Å². The highest BCUT2D eigenvalue weighted by Crippen LogP contribution is 2.16. The molecule has 3 N–H and O–H groups in total. The van der Waals surface area contributed by atoms with Gasteiger partial charge in [0, 0.05) is 24.9 Å². The predicted molar refractivity (Wildman–Crippen MR) is 75.3 cm³/mol. The molecule has 2 aromatic rings. The summed E-state index contributed by atoms with van der Waals surface area (Å²) in [6.45, 7) is 0.231. The van der Waals surface area contributed by atoms with E-state index < -0.39 is 15.8 Å². The molecule has 1 aromatic heterocycles. The summed E-state index contributed by atoms with van der Waals surface area (Å²) in [5.41, 5.74) is 8.36. The Labute approximate surface area is 120 Å². The van der Waals surface area contributed by atoms with Crippen LogP contribution >= 0.6 is 11.3 Å². The number of nitrogens with zero attached hydrogens (tertiary/aromatic N) is 1. The van der Waals surface area contributed by atoms with Gasteiger partial charge in [0.05, 0.1) is 16.1 Å². The molecule has 0 radical (unpaired) electrons. The molecule has 5 nitrogen and oxygen atoms in total. The molecule has 0 aliphatic heterocycles. The van der Waals surface area contributed by atoms with Gasteiger partial charge in [0.1, 0.15) is 5.82 Å². The van der Waals surface area contributed by atoms with Crippen molar-refractivity contribution in [3.8, 4) is 0 Å². The van der Waals surface area contributed by atoms with Gasteiger partial charge in [0.2, 0.25) is 10.0 Å². The Kier molecular flexibility index (Phi) is 4.81. The number of benzene rings is 1. The second kappa shape index (κ2) is 6.40. The van der Waals surface area contributed by atoms with Crippen molar-refractivity contribution in [3.05, 3.63) is 46.2 Å². The maximum Gasteiger partial charge on any atom is 0.241 e. The minimum atomic E-state index is -3.77. The van der Waals surface area contributed by atoms with Crippen LogP contribution in [0.3, 0.4) is 0 Å². The molecule has 0 atom stereocenters. The first-order chi connectivity index (χ1) is 9.53. The summed E-state index contributed by atoms with van der Waals surface area (Å²) < 4.78 is 39.9. The molecule has 0 fully saturated rings. The topological polar surface area (TPSA) is 85.1 Å². The molecule has 20 heavy (non-hydrogen) atoms. The lowest BCUT2D eigenvalue weighted by molar-refractivity contribution is 0.575. The molecule has 0 spiro atoms. The van der Waals surface area contributed by atoms with Gasteiger partial charge in [-0.3, -0.25) is 0 Å². The zero-order valence-electron chi connectivity index (χ0n) is 10.5. The lowest BCUT2D eigenvalue weighted by Gasteiger charge is -2.10. The maximum absolute atomic E-state index is 13.2. The maximum atomic E-state index is 13.2. The fraction of sp³-hybridized carbons (Fsp3) is 0.250. The summed E-state index contributed by atoms with van der Waals surface area (Å²) in [4.78, 5) is 3.95. The van der Waals surface area contributed by atoms with Gasteiger partial charge >= 0.3 is 0 Å². The zero-order valence-corrected chi connectivity index (χ0v) is 12.2. The van der Waals surface area contributed by atoms with Crippen LogP contribution in [0.4, 0.5) is 4.39 Å². The van der Waals surface area contributed by atoms with Crippen LogP contribution in [-0.4, -0.2) is 19.9 Å².